The van der Waals surface area contributed by atoms with Crippen LogP contribution in [0.2, 0.25) is 0 Å². The first kappa shape index (κ1) is 14.4. The Labute approximate surface area is 117 Å². The average molecular weight is 291 g/mol. The minimum absolute atomic E-state index is 0.146. The molecule has 1 aromatic rings. The van der Waals surface area contributed by atoms with Crippen molar-refractivity contribution in [2.24, 2.45) is 4.99 Å². The van der Waals surface area contributed by atoms with Crippen LogP contribution in [0.5, 0.6) is 0 Å². The molecule has 1 fully saturated rings. The standard InChI is InChI=1S/C13H13N3O3S/c14-8-7-11-3-5-12(6-4-11)20(18,19)16-9-1-2-13(16)15-10-17/h3-6,13H,1-2,7,9H2. The second-order valence-electron chi connectivity index (χ2n) is 4.44. The van der Waals surface area contributed by atoms with Crippen LogP contribution >= 0.6 is 0 Å². The number of nitriles is 1. The number of benzene rings is 1. The van der Waals surface area contributed by atoms with Gasteiger partial charge >= 0.3 is 0 Å². The van der Waals surface area contributed by atoms with E-state index in [2.05, 4.69) is 4.99 Å². The first-order valence-corrected chi connectivity index (χ1v) is 7.58. The third kappa shape index (κ3) is 2.78. The molecule has 0 amide bonds. The zero-order valence-corrected chi connectivity index (χ0v) is 11.5. The van der Waals surface area contributed by atoms with Crippen LogP contribution in [0.1, 0.15) is 18.4 Å². The molecule has 2 rings (SSSR count). The fourth-order valence-corrected chi connectivity index (χ4v) is 3.79. The van der Waals surface area contributed by atoms with Crippen molar-refractivity contribution in [3.05, 3.63) is 29.8 Å². The number of nitrogens with zero attached hydrogens (tertiary/aromatic N) is 3. The SMILES string of the molecule is N#CCc1ccc(S(=O)(=O)N2CCCC2N=C=O)cc1. The molecule has 0 bridgehead atoms. The van der Waals surface area contributed by atoms with E-state index in [-0.39, 0.29) is 11.3 Å². The summed E-state index contributed by atoms with van der Waals surface area (Å²) in [6.45, 7) is 0.345. The quantitative estimate of drug-likeness (QED) is 0.615. The highest BCUT2D eigenvalue weighted by Gasteiger charge is 2.35. The molecule has 0 N–H and O–H groups in total. The monoisotopic (exact) mass is 291 g/mol. The number of isocyanates is 1. The predicted octanol–water partition coefficient (Wildman–Crippen LogP) is 1.20. The van der Waals surface area contributed by atoms with E-state index in [0.717, 1.165) is 5.56 Å². The lowest BCUT2D eigenvalue weighted by Crippen LogP contribution is -2.34. The molecule has 0 radical (unpaired) electrons. The van der Waals surface area contributed by atoms with Gasteiger partial charge in [0.15, 0.2) is 0 Å². The lowest BCUT2D eigenvalue weighted by molar-refractivity contribution is 0.395. The molecule has 0 saturated carbocycles. The molecule has 6 nitrogen and oxygen atoms in total. The minimum Gasteiger partial charge on any atom is -0.211 e. The van der Waals surface area contributed by atoms with Gasteiger partial charge in [-0.15, -0.1) is 0 Å². The maximum Gasteiger partial charge on any atom is 0.244 e. The summed E-state index contributed by atoms with van der Waals surface area (Å²) < 4.78 is 26.1. The zero-order valence-electron chi connectivity index (χ0n) is 10.7. The van der Waals surface area contributed by atoms with Crippen LogP contribution in [0.15, 0.2) is 34.2 Å². The van der Waals surface area contributed by atoms with Gasteiger partial charge in [0.25, 0.3) is 0 Å². The summed E-state index contributed by atoms with van der Waals surface area (Å²) in [5, 5.41) is 8.59. The van der Waals surface area contributed by atoms with E-state index in [1.54, 1.807) is 12.1 Å². The molecule has 1 heterocycles. The van der Waals surface area contributed by atoms with Crippen LogP contribution in [-0.2, 0) is 21.2 Å². The van der Waals surface area contributed by atoms with Gasteiger partial charge in [0, 0.05) is 6.54 Å². The van der Waals surface area contributed by atoms with E-state index >= 15 is 0 Å². The van der Waals surface area contributed by atoms with Crippen LogP contribution in [0, 0.1) is 11.3 Å². The van der Waals surface area contributed by atoms with Crippen molar-refractivity contribution in [3.8, 4) is 6.07 Å². The van der Waals surface area contributed by atoms with Gasteiger partial charge in [-0.1, -0.05) is 12.1 Å². The first-order chi connectivity index (χ1) is 9.59. The molecular weight excluding hydrogens is 278 g/mol. The Morgan fingerprint density at radius 2 is 2.05 bits per heavy atom. The van der Waals surface area contributed by atoms with Gasteiger partial charge in [-0.3, -0.25) is 0 Å². The van der Waals surface area contributed by atoms with Crippen LogP contribution in [-0.4, -0.2) is 31.5 Å². The van der Waals surface area contributed by atoms with Crippen molar-refractivity contribution < 1.29 is 13.2 Å². The van der Waals surface area contributed by atoms with Gasteiger partial charge in [-0.25, -0.2) is 13.2 Å². The molecule has 1 atom stereocenters. The lowest BCUT2D eigenvalue weighted by Gasteiger charge is -2.19. The summed E-state index contributed by atoms with van der Waals surface area (Å²) in [5.74, 6) is 0. The first-order valence-electron chi connectivity index (χ1n) is 6.14. The third-order valence-electron chi connectivity index (χ3n) is 3.19. The Morgan fingerprint density at radius 3 is 2.65 bits per heavy atom. The predicted molar refractivity (Wildman–Crippen MR) is 70.8 cm³/mol. The molecule has 0 spiro atoms. The van der Waals surface area contributed by atoms with Crippen LogP contribution in [0.3, 0.4) is 0 Å². The summed E-state index contributed by atoms with van der Waals surface area (Å²) in [6.07, 6.45) is 2.20. The van der Waals surface area contributed by atoms with Gasteiger partial charge in [0.2, 0.25) is 16.1 Å². The van der Waals surface area contributed by atoms with Gasteiger partial charge in [0.1, 0.15) is 6.17 Å². The molecule has 1 aliphatic rings. The summed E-state index contributed by atoms with van der Waals surface area (Å²) in [6, 6.07) is 8.18. The van der Waals surface area contributed by atoms with Gasteiger partial charge in [-0.05, 0) is 30.5 Å². The van der Waals surface area contributed by atoms with Gasteiger partial charge in [-0.2, -0.15) is 14.6 Å². The van der Waals surface area contributed by atoms with Gasteiger partial charge in [0.05, 0.1) is 17.4 Å². The Morgan fingerprint density at radius 1 is 1.35 bits per heavy atom. The molecule has 1 unspecified atom stereocenters. The molecule has 0 aromatic heterocycles. The Hall–Kier alpha value is -2.00. The van der Waals surface area contributed by atoms with Crippen molar-refractivity contribution in [2.75, 3.05) is 6.54 Å². The topological polar surface area (TPSA) is 90.6 Å². The van der Waals surface area contributed by atoms with Crippen molar-refractivity contribution in [1.29, 1.82) is 5.26 Å². The number of sulfonamides is 1. The number of carbonyl (C=O) groups excluding carboxylic acids is 1. The van der Waals surface area contributed by atoms with Crippen LogP contribution < -0.4 is 0 Å². The van der Waals surface area contributed by atoms with Crippen LogP contribution in [0.25, 0.3) is 0 Å². The number of aliphatic imine (C=N–C) groups is 1. The van der Waals surface area contributed by atoms with E-state index in [1.807, 2.05) is 6.07 Å². The highest BCUT2D eigenvalue weighted by Crippen LogP contribution is 2.26. The highest BCUT2D eigenvalue weighted by atomic mass is 32.2. The summed E-state index contributed by atoms with van der Waals surface area (Å²) in [4.78, 5) is 14.0. The van der Waals surface area contributed by atoms with E-state index in [0.29, 0.717) is 19.4 Å². The highest BCUT2D eigenvalue weighted by molar-refractivity contribution is 7.89. The van der Waals surface area contributed by atoms with Crippen molar-refractivity contribution in [1.82, 2.24) is 4.31 Å². The van der Waals surface area contributed by atoms with Crippen molar-refractivity contribution in [2.45, 2.75) is 30.3 Å². The Balaban J connectivity index is 2.30. The number of hydrogen-bond acceptors (Lipinski definition) is 5. The lowest BCUT2D eigenvalue weighted by atomic mass is 10.2. The van der Waals surface area contributed by atoms with E-state index in [1.165, 1.54) is 22.5 Å². The summed E-state index contributed by atoms with van der Waals surface area (Å²) in [5.41, 5.74) is 0.760. The zero-order chi connectivity index (χ0) is 14.6. The number of hydrogen-bond donors (Lipinski definition) is 0. The molecule has 20 heavy (non-hydrogen) atoms. The third-order valence-corrected chi connectivity index (χ3v) is 5.10. The van der Waals surface area contributed by atoms with E-state index < -0.39 is 16.2 Å². The van der Waals surface area contributed by atoms with E-state index in [4.69, 9.17) is 5.26 Å². The summed E-state index contributed by atoms with van der Waals surface area (Å²) >= 11 is 0. The van der Waals surface area contributed by atoms with Crippen LogP contribution in [0.4, 0.5) is 0 Å². The normalized spacial score (nSPS) is 19.2. The minimum atomic E-state index is -3.66. The Bertz CT molecular complexity index is 670. The second-order valence-corrected chi connectivity index (χ2v) is 6.33. The molecule has 7 heteroatoms. The fourth-order valence-electron chi connectivity index (χ4n) is 2.20. The second kappa shape index (κ2) is 5.97. The molecule has 104 valence electrons. The van der Waals surface area contributed by atoms with Crippen molar-refractivity contribution in [3.63, 3.8) is 0 Å². The largest absolute Gasteiger partial charge is 0.244 e. The molecular formula is C13H13N3O3S. The molecule has 1 saturated heterocycles. The number of rotatable bonds is 4. The van der Waals surface area contributed by atoms with Gasteiger partial charge < -0.3 is 0 Å². The molecule has 1 aromatic carbocycles. The van der Waals surface area contributed by atoms with Crippen molar-refractivity contribution >= 4 is 16.1 Å². The molecule has 1 aliphatic heterocycles. The smallest absolute Gasteiger partial charge is 0.211 e. The Kier molecular flexibility index (Phi) is 4.30. The summed E-state index contributed by atoms with van der Waals surface area (Å²) in [7, 11) is -3.66. The van der Waals surface area contributed by atoms with E-state index in [9.17, 15) is 13.2 Å². The maximum atomic E-state index is 12.5. The fraction of sp³-hybridized carbons (Fsp3) is 0.385. The molecule has 0 aliphatic carbocycles. The average Bonchev–Trinajstić information content (AvgIpc) is 2.89. The maximum absolute atomic E-state index is 12.5.